The molecule has 0 radical (unpaired) electrons. The molecule has 0 aliphatic rings. The Morgan fingerprint density at radius 1 is 0.273 bits per heavy atom. The molecule has 0 amide bonds. The van der Waals surface area contributed by atoms with Crippen molar-refractivity contribution in [3.63, 3.8) is 0 Å². The molecule has 3 N–H and O–H groups in total. The summed E-state index contributed by atoms with van der Waals surface area (Å²) in [5.41, 5.74) is 0. The lowest BCUT2D eigenvalue weighted by atomic mass is 10.0. The van der Waals surface area contributed by atoms with E-state index in [1.54, 1.807) is 0 Å². The monoisotopic (exact) mass is 1450 g/mol. The Morgan fingerprint density at radius 2 is 0.465 bits per heavy atom. The Labute approximate surface area is 607 Å². The van der Waals surface area contributed by atoms with Crippen LogP contribution in [0, 0.1) is 5.92 Å². The quantitative estimate of drug-likeness (QED) is 0.0222. The zero-order chi connectivity index (χ0) is 72.7. The summed E-state index contributed by atoms with van der Waals surface area (Å²) in [7, 11) is -9.91. The van der Waals surface area contributed by atoms with E-state index in [9.17, 15) is 43.2 Å². The maximum atomic E-state index is 13.1. The smallest absolute Gasteiger partial charge is 0.462 e. The van der Waals surface area contributed by atoms with Gasteiger partial charge in [0, 0.05) is 25.7 Å². The molecule has 0 fully saturated rings. The third-order valence-corrected chi connectivity index (χ3v) is 20.7. The number of phosphoric acid groups is 2. The van der Waals surface area contributed by atoms with Gasteiger partial charge < -0.3 is 33.8 Å². The van der Waals surface area contributed by atoms with Crippen LogP contribution in [0.4, 0.5) is 0 Å². The van der Waals surface area contributed by atoms with Crippen LogP contribution in [-0.4, -0.2) is 96.7 Å². The average molecular weight is 1450 g/mol. The van der Waals surface area contributed by atoms with Crippen molar-refractivity contribution in [3.8, 4) is 0 Å². The van der Waals surface area contributed by atoms with Crippen molar-refractivity contribution in [2.45, 2.75) is 445 Å². The number of hydrogen-bond donors (Lipinski definition) is 3. The number of aliphatic hydroxyl groups is 1. The van der Waals surface area contributed by atoms with Crippen molar-refractivity contribution in [1.82, 2.24) is 0 Å². The van der Waals surface area contributed by atoms with E-state index in [2.05, 4.69) is 34.6 Å². The number of unbranched alkanes of at least 4 members (excludes halogenated alkanes) is 52. The lowest BCUT2D eigenvalue weighted by molar-refractivity contribution is -0.161. The zero-order valence-electron chi connectivity index (χ0n) is 64.6. The number of esters is 4. The number of aliphatic hydroxyl groups excluding tert-OH is 1. The van der Waals surface area contributed by atoms with E-state index in [1.165, 1.54) is 250 Å². The van der Waals surface area contributed by atoms with Crippen LogP contribution in [0.3, 0.4) is 0 Å². The molecule has 0 aromatic rings. The first-order valence-electron chi connectivity index (χ1n) is 41.6. The van der Waals surface area contributed by atoms with Gasteiger partial charge in [0.05, 0.1) is 26.4 Å². The molecular formula is C80H156O17P2. The Morgan fingerprint density at radius 3 is 0.687 bits per heavy atom. The summed E-state index contributed by atoms with van der Waals surface area (Å²) in [6.45, 7) is 7.34. The maximum absolute atomic E-state index is 13.1. The molecule has 588 valence electrons. The zero-order valence-corrected chi connectivity index (χ0v) is 66.4. The molecular weight excluding hydrogens is 1290 g/mol. The highest BCUT2D eigenvalue weighted by Crippen LogP contribution is 2.45. The summed E-state index contributed by atoms with van der Waals surface area (Å²) in [4.78, 5) is 72.9. The van der Waals surface area contributed by atoms with Crippen LogP contribution < -0.4 is 0 Å². The second kappa shape index (κ2) is 73.0. The maximum Gasteiger partial charge on any atom is 0.472 e. The predicted octanol–water partition coefficient (Wildman–Crippen LogP) is 24.0. The Bertz CT molecular complexity index is 1890. The van der Waals surface area contributed by atoms with Crippen molar-refractivity contribution in [2.75, 3.05) is 39.6 Å². The summed E-state index contributed by atoms with van der Waals surface area (Å²) in [5.74, 6) is -1.31. The van der Waals surface area contributed by atoms with Crippen molar-refractivity contribution >= 4 is 39.5 Å². The number of rotatable bonds is 80. The van der Waals surface area contributed by atoms with Crippen LogP contribution in [-0.2, 0) is 65.4 Å². The normalized spacial score (nSPS) is 13.9. The van der Waals surface area contributed by atoms with Crippen LogP contribution in [0.2, 0.25) is 0 Å². The Hall–Kier alpha value is -1.94. The number of hydrogen-bond acceptors (Lipinski definition) is 15. The lowest BCUT2D eigenvalue weighted by Crippen LogP contribution is -2.30. The topological polar surface area (TPSA) is 237 Å². The van der Waals surface area contributed by atoms with Crippen molar-refractivity contribution in [2.24, 2.45) is 5.92 Å². The van der Waals surface area contributed by atoms with Crippen LogP contribution in [0.15, 0.2) is 0 Å². The number of carbonyl (C=O) groups excluding carboxylic acids is 4. The van der Waals surface area contributed by atoms with Gasteiger partial charge in [-0.15, -0.1) is 0 Å². The van der Waals surface area contributed by atoms with E-state index in [4.69, 9.17) is 37.0 Å². The minimum Gasteiger partial charge on any atom is -0.462 e. The molecule has 0 aliphatic heterocycles. The van der Waals surface area contributed by atoms with E-state index in [0.717, 1.165) is 95.8 Å². The van der Waals surface area contributed by atoms with Crippen molar-refractivity contribution in [1.29, 1.82) is 0 Å². The molecule has 0 aromatic carbocycles. The Balaban J connectivity index is 5.22. The van der Waals surface area contributed by atoms with Gasteiger partial charge in [0.15, 0.2) is 12.2 Å². The van der Waals surface area contributed by atoms with E-state index in [0.29, 0.717) is 25.7 Å². The number of carbonyl (C=O) groups is 4. The van der Waals surface area contributed by atoms with E-state index in [-0.39, 0.29) is 25.7 Å². The molecule has 5 atom stereocenters. The minimum atomic E-state index is -4.96. The van der Waals surface area contributed by atoms with Gasteiger partial charge in [0.2, 0.25) is 0 Å². The van der Waals surface area contributed by atoms with Gasteiger partial charge in [-0.05, 0) is 31.6 Å². The van der Waals surface area contributed by atoms with Gasteiger partial charge in [-0.1, -0.05) is 375 Å². The molecule has 0 bridgehead atoms. The first-order chi connectivity index (χ1) is 48.0. The Kier molecular flexibility index (Phi) is 71.6. The highest BCUT2D eigenvalue weighted by Gasteiger charge is 2.30. The third-order valence-electron chi connectivity index (χ3n) is 18.8. The lowest BCUT2D eigenvalue weighted by Gasteiger charge is -2.21. The summed E-state index contributed by atoms with van der Waals surface area (Å²) >= 11 is 0. The van der Waals surface area contributed by atoms with E-state index < -0.39 is 97.5 Å². The fourth-order valence-electron chi connectivity index (χ4n) is 12.4. The molecule has 99 heavy (non-hydrogen) atoms. The highest BCUT2D eigenvalue weighted by atomic mass is 31.2. The SMILES string of the molecule is CCCCCCCCCCCCCCCCCCCCCCC(=O)O[C@H](COC(=O)CCCCCCCCCCCCCCCCC(C)C)COP(=O)(O)OC[C@@H](O)COP(=O)(O)OC[C@@H](COC(=O)CCCCCCCCCCCCC)OC(=O)CCCCCCCCCCCCC. The average Bonchev–Trinajstić information content (AvgIpc) is 1.03. The molecule has 17 nitrogen and oxygen atoms in total. The molecule has 0 spiro atoms. The van der Waals surface area contributed by atoms with Crippen molar-refractivity contribution < 1.29 is 80.2 Å². The number of phosphoric ester groups is 2. The minimum absolute atomic E-state index is 0.108. The standard InChI is InChI=1S/C80H156O17P2/c1-6-9-12-15-18-21-24-25-26-27-28-29-30-31-36-41-46-51-56-61-66-80(85)97-76(70-91-78(83)64-59-54-49-44-40-35-33-32-34-39-42-47-52-57-62-73(4)5)72-95-99(88,89)93-68-74(81)67-92-98(86,87)94-71-75(96-79(84)65-60-55-50-45-38-23-20-17-14-11-8-3)69-90-77(82)63-58-53-48-43-37-22-19-16-13-10-7-2/h73-76,81H,6-72H2,1-5H3,(H,86,87)(H,88,89)/t74-,75+,76+/m0/s1. The second-order valence-electron chi connectivity index (χ2n) is 29.3. The first kappa shape index (κ1) is 97.1. The molecule has 0 saturated heterocycles. The summed E-state index contributed by atoms with van der Waals surface area (Å²) in [6, 6.07) is 0. The van der Waals surface area contributed by atoms with Gasteiger partial charge in [-0.2, -0.15) is 0 Å². The summed E-state index contributed by atoms with van der Waals surface area (Å²) in [6.07, 6.45) is 63.8. The first-order valence-corrected chi connectivity index (χ1v) is 44.6. The van der Waals surface area contributed by atoms with Gasteiger partial charge in [0.1, 0.15) is 19.3 Å². The van der Waals surface area contributed by atoms with Crippen LogP contribution in [0.25, 0.3) is 0 Å². The molecule has 0 saturated carbocycles. The van der Waals surface area contributed by atoms with Crippen molar-refractivity contribution in [3.05, 3.63) is 0 Å². The fourth-order valence-corrected chi connectivity index (χ4v) is 14.0. The molecule has 0 aliphatic carbocycles. The molecule has 19 heteroatoms. The predicted molar refractivity (Wildman–Crippen MR) is 405 cm³/mol. The molecule has 0 heterocycles. The van der Waals surface area contributed by atoms with Gasteiger partial charge in [0.25, 0.3) is 0 Å². The fraction of sp³-hybridized carbons (Fsp3) is 0.950. The van der Waals surface area contributed by atoms with Gasteiger partial charge >= 0.3 is 39.5 Å². The molecule has 2 unspecified atom stereocenters. The van der Waals surface area contributed by atoms with Crippen LogP contribution in [0.5, 0.6) is 0 Å². The third kappa shape index (κ3) is 74.1. The summed E-state index contributed by atoms with van der Waals surface area (Å²) in [5, 5.41) is 10.6. The summed E-state index contributed by atoms with van der Waals surface area (Å²) < 4.78 is 68.6. The van der Waals surface area contributed by atoms with Crippen LogP contribution in [0.1, 0.15) is 426 Å². The van der Waals surface area contributed by atoms with Crippen LogP contribution >= 0.6 is 15.6 Å². The van der Waals surface area contributed by atoms with E-state index in [1.807, 2.05) is 0 Å². The highest BCUT2D eigenvalue weighted by molar-refractivity contribution is 7.47. The van der Waals surface area contributed by atoms with Gasteiger partial charge in [-0.25, -0.2) is 9.13 Å². The van der Waals surface area contributed by atoms with E-state index >= 15 is 0 Å². The second-order valence-corrected chi connectivity index (χ2v) is 32.2. The van der Waals surface area contributed by atoms with Gasteiger partial charge in [-0.3, -0.25) is 37.3 Å². The molecule has 0 aromatic heterocycles. The molecule has 0 rings (SSSR count). The largest absolute Gasteiger partial charge is 0.472 e. The number of ether oxygens (including phenoxy) is 4.